The van der Waals surface area contributed by atoms with Gasteiger partial charge in [-0.1, -0.05) is 0 Å². The van der Waals surface area contributed by atoms with Crippen LogP contribution in [-0.2, 0) is 0 Å². The van der Waals surface area contributed by atoms with E-state index in [-0.39, 0.29) is 49.1 Å². The van der Waals surface area contributed by atoms with E-state index in [9.17, 15) is 10.2 Å². The molecule has 0 aromatic carbocycles. The van der Waals surface area contributed by atoms with Crippen molar-refractivity contribution >= 4 is 24.8 Å². The van der Waals surface area contributed by atoms with Crippen LogP contribution in [0.15, 0.2) is 0 Å². The summed E-state index contributed by atoms with van der Waals surface area (Å²) in [5.41, 5.74) is 0. The van der Waals surface area contributed by atoms with Crippen LogP contribution in [0, 0.1) is 0 Å². The molecule has 0 aliphatic carbocycles. The molecule has 0 aromatic heterocycles. The molecule has 6 heteroatoms. The van der Waals surface area contributed by atoms with Gasteiger partial charge in [0.1, 0.15) is 0 Å². The number of hydrogen-bond donors (Lipinski definition) is 4. The molecular weight excluding hydrogens is 251 g/mol. The van der Waals surface area contributed by atoms with Gasteiger partial charge in [-0.05, 0) is 27.7 Å². The van der Waals surface area contributed by atoms with Crippen molar-refractivity contribution in [2.75, 3.05) is 13.1 Å². The zero-order chi connectivity index (χ0) is 11.1. The first-order valence-corrected chi connectivity index (χ1v) is 5.28. The molecule has 0 fully saturated rings. The molecule has 0 saturated carbocycles. The van der Waals surface area contributed by atoms with Crippen molar-refractivity contribution in [1.29, 1.82) is 0 Å². The van der Waals surface area contributed by atoms with E-state index in [1.54, 1.807) is 13.8 Å². The van der Waals surface area contributed by atoms with Crippen molar-refractivity contribution in [2.24, 2.45) is 0 Å². The fourth-order valence-corrected chi connectivity index (χ4v) is 0.941. The van der Waals surface area contributed by atoms with Crippen LogP contribution < -0.4 is 10.6 Å². The average Bonchev–Trinajstić information content (AvgIpc) is 2.11. The van der Waals surface area contributed by atoms with E-state index in [1.165, 1.54) is 0 Å². The van der Waals surface area contributed by atoms with E-state index in [4.69, 9.17) is 0 Å². The Labute approximate surface area is 111 Å². The molecule has 0 aromatic rings. The Balaban J connectivity index is -0.000000845. The zero-order valence-corrected chi connectivity index (χ0v) is 12.1. The fraction of sp³-hybridized carbons (Fsp3) is 1.00. The lowest BCUT2D eigenvalue weighted by Gasteiger charge is -2.19. The van der Waals surface area contributed by atoms with Crippen molar-refractivity contribution in [3.8, 4) is 0 Å². The van der Waals surface area contributed by atoms with Gasteiger partial charge in [-0.2, -0.15) is 0 Å². The lowest BCUT2D eigenvalue weighted by molar-refractivity contribution is 0.145. The maximum atomic E-state index is 9.19. The van der Waals surface area contributed by atoms with Gasteiger partial charge in [0.05, 0.1) is 12.2 Å². The van der Waals surface area contributed by atoms with E-state index < -0.39 is 0 Å². The van der Waals surface area contributed by atoms with Crippen molar-refractivity contribution in [3.63, 3.8) is 0 Å². The second-order valence-corrected chi connectivity index (χ2v) is 3.97. The van der Waals surface area contributed by atoms with Crippen LogP contribution in [0.25, 0.3) is 0 Å². The molecule has 0 rings (SSSR count). The quantitative estimate of drug-likeness (QED) is 0.513. The lowest BCUT2D eigenvalue weighted by Crippen LogP contribution is -2.43. The van der Waals surface area contributed by atoms with Gasteiger partial charge in [0, 0.05) is 25.2 Å². The molecule has 0 heterocycles. The molecule has 0 amide bonds. The molecule has 0 spiro atoms. The highest BCUT2D eigenvalue weighted by molar-refractivity contribution is 5.85. The van der Waals surface area contributed by atoms with E-state index >= 15 is 0 Å². The molecule has 102 valence electrons. The SMILES string of the molecule is CC(O)C(C)NCCNC(C)C(C)O.Cl.Cl. The van der Waals surface area contributed by atoms with Crippen molar-refractivity contribution < 1.29 is 10.2 Å². The molecule has 0 saturated heterocycles. The Morgan fingerprint density at radius 2 is 1.00 bits per heavy atom. The summed E-state index contributed by atoms with van der Waals surface area (Å²) in [7, 11) is 0. The fourth-order valence-electron chi connectivity index (χ4n) is 0.941. The summed E-state index contributed by atoms with van der Waals surface area (Å²) < 4.78 is 0. The molecule has 0 aliphatic rings. The minimum Gasteiger partial charge on any atom is -0.392 e. The maximum Gasteiger partial charge on any atom is 0.0662 e. The summed E-state index contributed by atoms with van der Waals surface area (Å²) in [4.78, 5) is 0. The van der Waals surface area contributed by atoms with Gasteiger partial charge in [0.25, 0.3) is 0 Å². The van der Waals surface area contributed by atoms with Crippen LogP contribution in [0.3, 0.4) is 0 Å². The van der Waals surface area contributed by atoms with Crippen LogP contribution >= 0.6 is 24.8 Å². The summed E-state index contributed by atoms with van der Waals surface area (Å²) in [6.07, 6.45) is -0.659. The molecular formula is C10H26Cl2N2O2. The number of hydrogen-bond acceptors (Lipinski definition) is 4. The molecule has 4 N–H and O–H groups in total. The highest BCUT2D eigenvalue weighted by atomic mass is 35.5. The Hall–Kier alpha value is 0.420. The molecule has 16 heavy (non-hydrogen) atoms. The molecule has 4 unspecified atom stereocenters. The van der Waals surface area contributed by atoms with Crippen LogP contribution in [0.2, 0.25) is 0 Å². The third kappa shape index (κ3) is 10.9. The van der Waals surface area contributed by atoms with E-state index in [1.807, 2.05) is 13.8 Å². The average molecular weight is 277 g/mol. The topological polar surface area (TPSA) is 64.5 Å². The van der Waals surface area contributed by atoms with Gasteiger partial charge in [-0.15, -0.1) is 24.8 Å². The lowest BCUT2D eigenvalue weighted by atomic mass is 10.2. The molecule has 4 atom stereocenters. The van der Waals surface area contributed by atoms with Gasteiger partial charge in [0.15, 0.2) is 0 Å². The van der Waals surface area contributed by atoms with E-state index in [2.05, 4.69) is 10.6 Å². The number of nitrogens with one attached hydrogen (secondary N) is 2. The molecule has 4 nitrogen and oxygen atoms in total. The summed E-state index contributed by atoms with van der Waals surface area (Å²) in [6.45, 7) is 9.02. The first kappa shape index (κ1) is 21.7. The van der Waals surface area contributed by atoms with Gasteiger partial charge < -0.3 is 20.8 Å². The number of halogens is 2. The van der Waals surface area contributed by atoms with Crippen molar-refractivity contribution in [3.05, 3.63) is 0 Å². The van der Waals surface area contributed by atoms with E-state index in [0.717, 1.165) is 13.1 Å². The number of aliphatic hydroxyl groups is 2. The largest absolute Gasteiger partial charge is 0.392 e. The predicted octanol–water partition coefficient (Wildman–Crippen LogP) is 0.548. The minimum absolute atomic E-state index is 0. The van der Waals surface area contributed by atoms with Crippen molar-refractivity contribution in [2.45, 2.75) is 52.0 Å². The first-order valence-electron chi connectivity index (χ1n) is 5.28. The predicted molar refractivity (Wildman–Crippen MR) is 72.8 cm³/mol. The van der Waals surface area contributed by atoms with Gasteiger partial charge in [0.2, 0.25) is 0 Å². The maximum absolute atomic E-state index is 9.19. The first-order chi connectivity index (χ1) is 6.45. The monoisotopic (exact) mass is 276 g/mol. The van der Waals surface area contributed by atoms with Crippen LogP contribution in [0.1, 0.15) is 27.7 Å². The Bertz CT molecular complexity index is 133. The normalized spacial score (nSPS) is 17.6. The second kappa shape index (κ2) is 11.9. The smallest absolute Gasteiger partial charge is 0.0662 e. The third-order valence-electron chi connectivity index (χ3n) is 2.50. The van der Waals surface area contributed by atoms with Crippen LogP contribution in [0.4, 0.5) is 0 Å². The standard InChI is InChI=1S/C10H24N2O2.2ClH/c1-7(9(3)13)11-5-6-12-8(2)10(4)14;;/h7-14H,5-6H2,1-4H3;2*1H. The Kier molecular flexibility index (Phi) is 16.1. The summed E-state index contributed by atoms with van der Waals surface area (Å²) in [5, 5.41) is 24.8. The highest BCUT2D eigenvalue weighted by Gasteiger charge is 2.08. The summed E-state index contributed by atoms with van der Waals surface area (Å²) >= 11 is 0. The number of rotatable bonds is 7. The molecule has 0 bridgehead atoms. The van der Waals surface area contributed by atoms with Gasteiger partial charge in [-0.3, -0.25) is 0 Å². The van der Waals surface area contributed by atoms with Crippen molar-refractivity contribution in [1.82, 2.24) is 10.6 Å². The Morgan fingerprint density at radius 1 is 0.750 bits per heavy atom. The molecule has 0 aliphatic heterocycles. The third-order valence-corrected chi connectivity index (χ3v) is 2.50. The zero-order valence-electron chi connectivity index (χ0n) is 10.4. The summed E-state index contributed by atoms with van der Waals surface area (Å²) in [5.74, 6) is 0. The van der Waals surface area contributed by atoms with E-state index in [0.29, 0.717) is 0 Å². The summed E-state index contributed by atoms with van der Waals surface area (Å²) in [6, 6.07) is 0.220. The van der Waals surface area contributed by atoms with Crippen LogP contribution in [-0.4, -0.2) is 47.6 Å². The number of aliphatic hydroxyl groups excluding tert-OH is 2. The molecule has 0 radical (unpaired) electrons. The second-order valence-electron chi connectivity index (χ2n) is 3.97. The minimum atomic E-state index is -0.329. The Morgan fingerprint density at radius 3 is 1.19 bits per heavy atom. The van der Waals surface area contributed by atoms with Crippen LogP contribution in [0.5, 0.6) is 0 Å². The van der Waals surface area contributed by atoms with Gasteiger partial charge >= 0.3 is 0 Å². The highest BCUT2D eigenvalue weighted by Crippen LogP contribution is 1.90. The van der Waals surface area contributed by atoms with Gasteiger partial charge in [-0.25, -0.2) is 0 Å².